The van der Waals surface area contributed by atoms with Gasteiger partial charge in [-0.2, -0.15) is 0 Å². The Kier molecular flexibility index (Phi) is 5.46. The van der Waals surface area contributed by atoms with Crippen molar-refractivity contribution >= 4 is 23.1 Å². The van der Waals surface area contributed by atoms with Crippen molar-refractivity contribution in [3.63, 3.8) is 0 Å². The Morgan fingerprint density at radius 3 is 2.72 bits per heavy atom. The van der Waals surface area contributed by atoms with E-state index in [4.69, 9.17) is 4.74 Å². The summed E-state index contributed by atoms with van der Waals surface area (Å²) in [6.07, 6.45) is 1.69. The normalized spacial score (nSPS) is 10.5. The van der Waals surface area contributed by atoms with Crippen molar-refractivity contribution in [1.82, 2.24) is 4.98 Å². The summed E-state index contributed by atoms with van der Waals surface area (Å²) in [7, 11) is 0. The standard InChI is InChI=1S/C20H20N2O2S/c1-15-7-5-9-18(16(15)2)24-14-20(23)22(13-17-8-6-12-25-17)19-10-3-4-11-21-19/h3-12H,13-14H2,1-2H3. The molecule has 3 rings (SSSR count). The second-order valence-electron chi connectivity index (χ2n) is 5.73. The first kappa shape index (κ1) is 17.2. The first-order valence-corrected chi connectivity index (χ1v) is 8.96. The molecule has 5 heteroatoms. The minimum atomic E-state index is -0.118. The minimum Gasteiger partial charge on any atom is -0.483 e. The molecule has 0 aliphatic carbocycles. The highest BCUT2D eigenvalue weighted by Crippen LogP contribution is 2.22. The SMILES string of the molecule is Cc1cccc(OCC(=O)N(Cc2cccs2)c2ccccn2)c1C. The zero-order valence-electron chi connectivity index (χ0n) is 14.3. The van der Waals surface area contributed by atoms with Crippen molar-refractivity contribution < 1.29 is 9.53 Å². The van der Waals surface area contributed by atoms with Crippen LogP contribution < -0.4 is 9.64 Å². The van der Waals surface area contributed by atoms with Crippen molar-refractivity contribution in [2.24, 2.45) is 0 Å². The molecular weight excluding hydrogens is 332 g/mol. The molecule has 0 saturated heterocycles. The smallest absolute Gasteiger partial charge is 0.266 e. The van der Waals surface area contributed by atoms with Gasteiger partial charge in [0.2, 0.25) is 0 Å². The van der Waals surface area contributed by atoms with Crippen molar-refractivity contribution in [2.75, 3.05) is 11.5 Å². The van der Waals surface area contributed by atoms with Gasteiger partial charge in [-0.15, -0.1) is 11.3 Å². The lowest BCUT2D eigenvalue weighted by atomic mass is 10.1. The lowest BCUT2D eigenvalue weighted by molar-refractivity contribution is -0.120. The van der Waals surface area contributed by atoms with E-state index in [0.29, 0.717) is 12.4 Å². The van der Waals surface area contributed by atoms with Gasteiger partial charge in [0.15, 0.2) is 6.61 Å². The number of nitrogens with zero attached hydrogens (tertiary/aromatic N) is 2. The second-order valence-corrected chi connectivity index (χ2v) is 6.77. The number of carbonyl (C=O) groups is 1. The molecule has 0 bridgehead atoms. The van der Waals surface area contributed by atoms with Crippen LogP contribution in [0.4, 0.5) is 5.82 Å². The summed E-state index contributed by atoms with van der Waals surface area (Å²) < 4.78 is 5.79. The van der Waals surface area contributed by atoms with E-state index < -0.39 is 0 Å². The summed E-state index contributed by atoms with van der Waals surface area (Å²) in [5, 5.41) is 2.00. The zero-order valence-corrected chi connectivity index (χ0v) is 15.1. The van der Waals surface area contributed by atoms with Crippen molar-refractivity contribution in [3.05, 3.63) is 76.1 Å². The maximum Gasteiger partial charge on any atom is 0.266 e. The summed E-state index contributed by atoms with van der Waals surface area (Å²) in [6.45, 7) is 4.49. The Labute approximate surface area is 151 Å². The average Bonchev–Trinajstić information content (AvgIpc) is 3.15. The molecule has 4 nitrogen and oxygen atoms in total. The molecule has 0 saturated carbocycles. The summed E-state index contributed by atoms with van der Waals surface area (Å²) in [6, 6.07) is 15.4. The summed E-state index contributed by atoms with van der Waals surface area (Å²) >= 11 is 1.62. The molecule has 0 atom stereocenters. The van der Waals surface area contributed by atoms with Crippen LogP contribution in [0.15, 0.2) is 60.1 Å². The Bertz CT molecular complexity index is 832. The molecule has 128 valence electrons. The Balaban J connectivity index is 1.76. The van der Waals surface area contributed by atoms with Gasteiger partial charge in [0.1, 0.15) is 11.6 Å². The number of carbonyl (C=O) groups excluding carboxylic acids is 1. The summed E-state index contributed by atoms with van der Waals surface area (Å²) in [5.41, 5.74) is 2.20. The van der Waals surface area contributed by atoms with Crippen LogP contribution in [0.25, 0.3) is 0 Å². The van der Waals surface area contributed by atoms with Crippen LogP contribution in [0, 0.1) is 13.8 Å². The number of aromatic nitrogens is 1. The summed E-state index contributed by atoms with van der Waals surface area (Å²) in [5.74, 6) is 1.25. The number of hydrogen-bond acceptors (Lipinski definition) is 4. The second kappa shape index (κ2) is 7.94. The van der Waals surface area contributed by atoms with Crippen LogP contribution >= 0.6 is 11.3 Å². The first-order valence-electron chi connectivity index (χ1n) is 8.08. The van der Waals surface area contributed by atoms with Crippen molar-refractivity contribution in [2.45, 2.75) is 20.4 Å². The monoisotopic (exact) mass is 352 g/mol. The number of benzene rings is 1. The van der Waals surface area contributed by atoms with Crippen molar-refractivity contribution in [3.8, 4) is 5.75 Å². The fourth-order valence-corrected chi connectivity index (χ4v) is 3.16. The van der Waals surface area contributed by atoms with Gasteiger partial charge in [-0.1, -0.05) is 24.3 Å². The average molecular weight is 352 g/mol. The van der Waals surface area contributed by atoms with E-state index in [1.807, 2.05) is 67.8 Å². The van der Waals surface area contributed by atoms with Gasteiger partial charge in [-0.3, -0.25) is 9.69 Å². The number of hydrogen-bond donors (Lipinski definition) is 0. The Morgan fingerprint density at radius 2 is 2.00 bits per heavy atom. The molecule has 0 spiro atoms. The molecule has 2 aromatic heterocycles. The molecule has 0 fully saturated rings. The number of amides is 1. The van der Waals surface area contributed by atoms with Gasteiger partial charge in [0, 0.05) is 11.1 Å². The fraction of sp³-hybridized carbons (Fsp3) is 0.200. The molecule has 3 aromatic rings. The molecule has 1 amide bonds. The van der Waals surface area contributed by atoms with E-state index in [0.717, 1.165) is 21.8 Å². The Hall–Kier alpha value is -2.66. The van der Waals surface area contributed by atoms with E-state index in [1.54, 1.807) is 22.4 Å². The summed E-state index contributed by atoms with van der Waals surface area (Å²) in [4.78, 5) is 19.9. The van der Waals surface area contributed by atoms with E-state index in [2.05, 4.69) is 4.98 Å². The number of anilines is 1. The van der Waals surface area contributed by atoms with E-state index in [9.17, 15) is 4.79 Å². The van der Waals surface area contributed by atoms with Gasteiger partial charge >= 0.3 is 0 Å². The van der Waals surface area contributed by atoms with Crippen LogP contribution in [0.1, 0.15) is 16.0 Å². The van der Waals surface area contributed by atoms with E-state index >= 15 is 0 Å². The largest absolute Gasteiger partial charge is 0.483 e. The quantitative estimate of drug-likeness (QED) is 0.661. The molecule has 0 N–H and O–H groups in total. The van der Waals surface area contributed by atoms with Gasteiger partial charge < -0.3 is 4.74 Å². The minimum absolute atomic E-state index is 0.0216. The van der Waals surface area contributed by atoms with Gasteiger partial charge in [0.05, 0.1) is 6.54 Å². The van der Waals surface area contributed by atoms with Gasteiger partial charge in [0.25, 0.3) is 5.91 Å². The topological polar surface area (TPSA) is 42.4 Å². The maximum absolute atomic E-state index is 12.8. The number of aryl methyl sites for hydroxylation is 1. The number of rotatable bonds is 6. The van der Waals surface area contributed by atoms with Crippen LogP contribution in [-0.4, -0.2) is 17.5 Å². The molecule has 2 heterocycles. The third kappa shape index (κ3) is 4.25. The van der Waals surface area contributed by atoms with E-state index in [1.165, 1.54) is 0 Å². The van der Waals surface area contributed by atoms with Crippen LogP contribution in [0.5, 0.6) is 5.75 Å². The highest BCUT2D eigenvalue weighted by molar-refractivity contribution is 7.09. The Morgan fingerprint density at radius 1 is 1.12 bits per heavy atom. The van der Waals surface area contributed by atoms with Crippen molar-refractivity contribution in [1.29, 1.82) is 0 Å². The molecular formula is C20H20N2O2S. The molecule has 0 aliphatic rings. The number of ether oxygens (including phenoxy) is 1. The van der Waals surface area contributed by atoms with Crippen LogP contribution in [0.2, 0.25) is 0 Å². The van der Waals surface area contributed by atoms with Gasteiger partial charge in [-0.05, 0) is 54.6 Å². The fourth-order valence-electron chi connectivity index (χ4n) is 2.47. The van der Waals surface area contributed by atoms with Crippen LogP contribution in [0.3, 0.4) is 0 Å². The highest BCUT2D eigenvalue weighted by atomic mass is 32.1. The van der Waals surface area contributed by atoms with E-state index in [-0.39, 0.29) is 12.5 Å². The number of thiophene rings is 1. The molecule has 25 heavy (non-hydrogen) atoms. The van der Waals surface area contributed by atoms with Crippen LogP contribution in [-0.2, 0) is 11.3 Å². The lowest BCUT2D eigenvalue weighted by Crippen LogP contribution is -2.35. The molecule has 0 aliphatic heterocycles. The molecule has 0 radical (unpaired) electrons. The third-order valence-electron chi connectivity index (χ3n) is 4.03. The molecule has 1 aromatic carbocycles. The maximum atomic E-state index is 12.8. The third-order valence-corrected chi connectivity index (χ3v) is 4.89. The van der Waals surface area contributed by atoms with Gasteiger partial charge in [-0.25, -0.2) is 4.98 Å². The highest BCUT2D eigenvalue weighted by Gasteiger charge is 2.19. The lowest BCUT2D eigenvalue weighted by Gasteiger charge is -2.21. The zero-order chi connectivity index (χ0) is 17.6. The predicted octanol–water partition coefficient (Wildman–Crippen LogP) is 4.37. The molecule has 0 unspecified atom stereocenters. The number of pyridine rings is 1. The first-order chi connectivity index (χ1) is 12.1. The predicted molar refractivity (Wildman–Crippen MR) is 101 cm³/mol.